The second kappa shape index (κ2) is 4.27. The van der Waals surface area contributed by atoms with Gasteiger partial charge in [-0.05, 0) is 11.6 Å². The zero-order valence-electron chi connectivity index (χ0n) is 10.1. The number of aliphatic hydroxyl groups is 1. The average molecular weight is 238 g/mol. The van der Waals surface area contributed by atoms with Gasteiger partial charge in [-0.25, -0.2) is 0 Å². The molecule has 3 aromatic rings. The molecule has 0 bridgehead atoms. The van der Waals surface area contributed by atoms with Crippen LogP contribution in [0.25, 0.3) is 10.9 Å². The molecule has 1 aromatic heterocycles. The van der Waals surface area contributed by atoms with E-state index in [1.54, 1.807) is 4.68 Å². The first-order valence-corrected chi connectivity index (χ1v) is 5.92. The zero-order valence-corrected chi connectivity index (χ0v) is 10.1. The molecule has 0 spiro atoms. The third-order valence-electron chi connectivity index (χ3n) is 3.16. The Bertz CT molecular complexity index is 673. The van der Waals surface area contributed by atoms with Gasteiger partial charge >= 0.3 is 0 Å². The van der Waals surface area contributed by atoms with Gasteiger partial charge in [-0.1, -0.05) is 48.5 Å². The van der Waals surface area contributed by atoms with Gasteiger partial charge in [0.25, 0.3) is 0 Å². The van der Waals surface area contributed by atoms with E-state index >= 15 is 0 Å². The van der Waals surface area contributed by atoms with Gasteiger partial charge in [-0.15, -0.1) is 0 Å². The molecule has 1 N–H and O–H groups in total. The largest absolute Gasteiger partial charge is 0.382 e. The summed E-state index contributed by atoms with van der Waals surface area (Å²) in [6.45, 7) is 0. The van der Waals surface area contributed by atoms with Crippen LogP contribution in [0.3, 0.4) is 0 Å². The van der Waals surface area contributed by atoms with E-state index in [2.05, 4.69) is 5.10 Å². The predicted molar refractivity (Wildman–Crippen MR) is 71.2 cm³/mol. The van der Waals surface area contributed by atoms with Gasteiger partial charge < -0.3 is 5.11 Å². The molecule has 0 aliphatic rings. The molecule has 0 fully saturated rings. The summed E-state index contributed by atoms with van der Waals surface area (Å²) in [4.78, 5) is 0. The summed E-state index contributed by atoms with van der Waals surface area (Å²) >= 11 is 0. The topological polar surface area (TPSA) is 38.0 Å². The summed E-state index contributed by atoms with van der Waals surface area (Å²) in [6.07, 6.45) is -0.649. The predicted octanol–water partition coefficient (Wildman–Crippen LogP) is 2.66. The SMILES string of the molecule is Cn1nc2ccccc2c1C(O)c1ccccc1. The second-order valence-corrected chi connectivity index (χ2v) is 4.34. The van der Waals surface area contributed by atoms with Crippen LogP contribution in [0.5, 0.6) is 0 Å². The fraction of sp³-hybridized carbons (Fsp3) is 0.133. The lowest BCUT2D eigenvalue weighted by Gasteiger charge is -2.11. The highest BCUT2D eigenvalue weighted by molar-refractivity contribution is 5.82. The summed E-state index contributed by atoms with van der Waals surface area (Å²) in [6, 6.07) is 17.5. The normalized spacial score (nSPS) is 12.8. The van der Waals surface area contributed by atoms with Gasteiger partial charge in [0.05, 0.1) is 11.2 Å². The number of aromatic nitrogens is 2. The summed E-state index contributed by atoms with van der Waals surface area (Å²) < 4.78 is 1.75. The van der Waals surface area contributed by atoms with Crippen LogP contribution in [-0.2, 0) is 7.05 Å². The molecule has 1 heterocycles. The molecule has 0 radical (unpaired) electrons. The minimum absolute atomic E-state index is 0.649. The quantitative estimate of drug-likeness (QED) is 0.745. The summed E-state index contributed by atoms with van der Waals surface area (Å²) in [5, 5.41) is 15.9. The van der Waals surface area contributed by atoms with Crippen molar-refractivity contribution in [1.82, 2.24) is 9.78 Å². The van der Waals surface area contributed by atoms with Gasteiger partial charge in [0.2, 0.25) is 0 Å². The Kier molecular flexibility index (Phi) is 2.61. The summed E-state index contributed by atoms with van der Waals surface area (Å²) in [5.74, 6) is 0. The van der Waals surface area contributed by atoms with Gasteiger partial charge in [-0.3, -0.25) is 4.68 Å². The van der Waals surface area contributed by atoms with Crippen molar-refractivity contribution in [3.8, 4) is 0 Å². The van der Waals surface area contributed by atoms with Gasteiger partial charge in [0, 0.05) is 12.4 Å². The molecule has 1 unspecified atom stereocenters. The van der Waals surface area contributed by atoms with Gasteiger partial charge in [0.1, 0.15) is 6.10 Å². The Hall–Kier alpha value is -2.13. The Morgan fingerprint density at radius 2 is 1.67 bits per heavy atom. The van der Waals surface area contributed by atoms with E-state index in [0.717, 1.165) is 22.2 Å². The second-order valence-electron chi connectivity index (χ2n) is 4.34. The highest BCUT2D eigenvalue weighted by Gasteiger charge is 2.18. The number of aryl methyl sites for hydroxylation is 1. The summed E-state index contributed by atoms with van der Waals surface area (Å²) in [5.41, 5.74) is 2.62. The number of fused-ring (bicyclic) bond motifs is 1. The number of hydrogen-bond acceptors (Lipinski definition) is 2. The first-order chi connectivity index (χ1) is 8.77. The van der Waals surface area contributed by atoms with E-state index in [0.29, 0.717) is 0 Å². The highest BCUT2D eigenvalue weighted by atomic mass is 16.3. The molecular formula is C15H14N2O. The average Bonchev–Trinajstić information content (AvgIpc) is 2.75. The molecule has 0 amide bonds. The Balaban J connectivity index is 2.17. The number of benzene rings is 2. The standard InChI is InChI=1S/C15H14N2O/c1-17-14(12-9-5-6-10-13(12)16-17)15(18)11-7-3-2-4-8-11/h2-10,15,18H,1H3. The molecule has 3 heteroatoms. The van der Waals surface area contributed by atoms with Crippen molar-refractivity contribution < 1.29 is 5.11 Å². The molecule has 0 aliphatic carbocycles. The maximum atomic E-state index is 10.5. The fourth-order valence-electron chi connectivity index (χ4n) is 2.28. The zero-order chi connectivity index (χ0) is 12.5. The monoisotopic (exact) mass is 238 g/mol. The molecule has 3 nitrogen and oxygen atoms in total. The lowest BCUT2D eigenvalue weighted by atomic mass is 10.0. The first-order valence-electron chi connectivity index (χ1n) is 5.92. The van der Waals surface area contributed by atoms with Crippen molar-refractivity contribution >= 4 is 10.9 Å². The molecule has 0 aliphatic heterocycles. The van der Waals surface area contributed by atoms with Crippen LogP contribution in [0.2, 0.25) is 0 Å². The Morgan fingerprint density at radius 1 is 1.00 bits per heavy atom. The van der Waals surface area contributed by atoms with Crippen LogP contribution in [0.1, 0.15) is 17.4 Å². The Labute approximate surface area is 105 Å². The Morgan fingerprint density at radius 3 is 2.44 bits per heavy atom. The molecule has 18 heavy (non-hydrogen) atoms. The maximum absolute atomic E-state index is 10.5. The van der Waals surface area contributed by atoms with Crippen molar-refractivity contribution in [3.05, 3.63) is 65.9 Å². The van der Waals surface area contributed by atoms with Gasteiger partial charge in [0.15, 0.2) is 0 Å². The smallest absolute Gasteiger partial charge is 0.121 e. The lowest BCUT2D eigenvalue weighted by molar-refractivity contribution is 0.211. The number of rotatable bonds is 2. The first kappa shape index (κ1) is 11.0. The van der Waals surface area contributed by atoms with Crippen LogP contribution in [0, 0.1) is 0 Å². The molecule has 3 rings (SSSR count). The van der Waals surface area contributed by atoms with E-state index < -0.39 is 6.10 Å². The minimum atomic E-state index is -0.649. The van der Waals surface area contributed by atoms with Crippen molar-refractivity contribution in [2.45, 2.75) is 6.10 Å². The van der Waals surface area contributed by atoms with E-state index in [-0.39, 0.29) is 0 Å². The third kappa shape index (κ3) is 1.69. The maximum Gasteiger partial charge on any atom is 0.121 e. The molecule has 90 valence electrons. The van der Waals surface area contributed by atoms with Crippen molar-refractivity contribution in [2.24, 2.45) is 7.05 Å². The van der Waals surface area contributed by atoms with E-state index in [1.807, 2.05) is 61.6 Å². The number of nitrogens with zero attached hydrogens (tertiary/aromatic N) is 2. The van der Waals surface area contributed by atoms with Crippen LogP contribution in [0.4, 0.5) is 0 Å². The highest BCUT2D eigenvalue weighted by Crippen LogP contribution is 2.28. The molecule has 0 saturated carbocycles. The van der Waals surface area contributed by atoms with Crippen LogP contribution < -0.4 is 0 Å². The molecule has 0 saturated heterocycles. The lowest BCUT2D eigenvalue weighted by Crippen LogP contribution is -2.06. The minimum Gasteiger partial charge on any atom is -0.382 e. The van der Waals surface area contributed by atoms with Crippen molar-refractivity contribution in [3.63, 3.8) is 0 Å². The third-order valence-corrected chi connectivity index (χ3v) is 3.16. The van der Waals surface area contributed by atoms with E-state index in [9.17, 15) is 5.11 Å². The van der Waals surface area contributed by atoms with Crippen LogP contribution in [0.15, 0.2) is 54.6 Å². The van der Waals surface area contributed by atoms with Crippen LogP contribution in [-0.4, -0.2) is 14.9 Å². The van der Waals surface area contributed by atoms with Crippen molar-refractivity contribution in [2.75, 3.05) is 0 Å². The molecule has 1 atom stereocenters. The summed E-state index contributed by atoms with van der Waals surface area (Å²) in [7, 11) is 1.86. The van der Waals surface area contributed by atoms with E-state index in [1.165, 1.54) is 0 Å². The van der Waals surface area contributed by atoms with E-state index in [4.69, 9.17) is 0 Å². The molecular weight excluding hydrogens is 224 g/mol. The van der Waals surface area contributed by atoms with Crippen molar-refractivity contribution in [1.29, 1.82) is 0 Å². The van der Waals surface area contributed by atoms with Gasteiger partial charge in [-0.2, -0.15) is 5.10 Å². The number of hydrogen-bond donors (Lipinski definition) is 1. The fourth-order valence-corrected chi connectivity index (χ4v) is 2.28. The number of aliphatic hydroxyl groups excluding tert-OH is 1. The van der Waals surface area contributed by atoms with Crippen LogP contribution >= 0.6 is 0 Å². The molecule has 2 aromatic carbocycles.